The second-order valence-electron chi connectivity index (χ2n) is 7.43. The lowest BCUT2D eigenvalue weighted by molar-refractivity contribution is -0.132. The lowest BCUT2D eigenvalue weighted by Crippen LogP contribution is -2.51. The monoisotopic (exact) mass is 381 g/mol. The Morgan fingerprint density at radius 1 is 1.12 bits per heavy atom. The molecule has 3 unspecified atom stereocenters. The Balaban J connectivity index is 0.00000144. The number of ether oxygens (including phenoxy) is 1. The van der Waals surface area contributed by atoms with Crippen molar-refractivity contribution < 1.29 is 9.53 Å². The molecule has 0 aromatic heterocycles. The lowest BCUT2D eigenvalue weighted by atomic mass is 10.1. The number of carbonyl (C=O) groups is 1. The van der Waals surface area contributed by atoms with Crippen molar-refractivity contribution >= 4 is 30.7 Å². The van der Waals surface area contributed by atoms with Crippen molar-refractivity contribution in [3.63, 3.8) is 0 Å². The highest BCUT2D eigenvalue weighted by atomic mass is 35.5. The average Bonchev–Trinajstić information content (AvgIpc) is 3.15. The van der Waals surface area contributed by atoms with Crippen molar-refractivity contribution in [2.24, 2.45) is 5.92 Å². The fourth-order valence-corrected chi connectivity index (χ4v) is 3.89. The summed E-state index contributed by atoms with van der Waals surface area (Å²) in [6.45, 7) is 9.73. The van der Waals surface area contributed by atoms with Gasteiger partial charge >= 0.3 is 0 Å². The van der Waals surface area contributed by atoms with E-state index in [0.29, 0.717) is 24.8 Å². The van der Waals surface area contributed by atoms with Gasteiger partial charge in [-0.15, -0.1) is 24.8 Å². The van der Waals surface area contributed by atoms with E-state index in [0.717, 1.165) is 51.5 Å². The molecule has 0 radical (unpaired) electrons. The molecule has 0 bridgehead atoms. The number of hydrogen-bond acceptors (Lipinski definition) is 4. The van der Waals surface area contributed by atoms with Crippen LogP contribution < -0.4 is 5.32 Å². The van der Waals surface area contributed by atoms with E-state index in [4.69, 9.17) is 4.74 Å². The Morgan fingerprint density at radius 3 is 2.42 bits per heavy atom. The van der Waals surface area contributed by atoms with E-state index in [1.165, 1.54) is 12.8 Å². The van der Waals surface area contributed by atoms with Crippen molar-refractivity contribution in [2.45, 2.75) is 57.8 Å². The molecule has 7 heteroatoms. The average molecular weight is 382 g/mol. The molecule has 0 aromatic rings. The smallest absolute Gasteiger partial charge is 0.236 e. The first-order chi connectivity index (χ1) is 10.6. The van der Waals surface area contributed by atoms with E-state index in [2.05, 4.69) is 29.0 Å². The number of amides is 1. The minimum absolute atomic E-state index is 0. The van der Waals surface area contributed by atoms with Gasteiger partial charge in [0, 0.05) is 32.2 Å². The molecule has 5 nitrogen and oxygen atoms in total. The van der Waals surface area contributed by atoms with Gasteiger partial charge in [-0.3, -0.25) is 9.69 Å². The Hall–Kier alpha value is -0.0700. The van der Waals surface area contributed by atoms with Gasteiger partial charge in [-0.05, 0) is 52.0 Å². The molecular formula is C17H33Cl2N3O2. The molecule has 1 amide bonds. The molecule has 3 aliphatic rings. The summed E-state index contributed by atoms with van der Waals surface area (Å²) in [4.78, 5) is 17.0. The maximum absolute atomic E-state index is 12.4. The summed E-state index contributed by atoms with van der Waals surface area (Å²) >= 11 is 0. The minimum atomic E-state index is 0. The van der Waals surface area contributed by atoms with Crippen LogP contribution in [0.5, 0.6) is 0 Å². The molecule has 2 heterocycles. The highest BCUT2D eigenvalue weighted by Gasteiger charge is 2.32. The van der Waals surface area contributed by atoms with Gasteiger partial charge < -0.3 is 15.0 Å². The number of rotatable bonds is 6. The van der Waals surface area contributed by atoms with Crippen molar-refractivity contribution in [3.05, 3.63) is 0 Å². The normalized spacial score (nSPS) is 30.6. The Kier molecular flexibility index (Phi) is 9.31. The summed E-state index contributed by atoms with van der Waals surface area (Å²) in [7, 11) is 0. The van der Waals surface area contributed by atoms with E-state index in [9.17, 15) is 4.79 Å². The second kappa shape index (κ2) is 10.2. The maximum Gasteiger partial charge on any atom is 0.236 e. The zero-order valence-electron chi connectivity index (χ0n) is 14.9. The third-order valence-corrected chi connectivity index (χ3v) is 5.07. The fourth-order valence-electron chi connectivity index (χ4n) is 3.89. The summed E-state index contributed by atoms with van der Waals surface area (Å²) in [5.41, 5.74) is 0. The number of halogens is 2. The summed E-state index contributed by atoms with van der Waals surface area (Å²) < 4.78 is 5.80. The molecule has 3 atom stereocenters. The van der Waals surface area contributed by atoms with Crippen LogP contribution in [-0.2, 0) is 9.53 Å². The van der Waals surface area contributed by atoms with E-state index in [1.807, 2.05) is 0 Å². The van der Waals surface area contributed by atoms with Crippen LogP contribution >= 0.6 is 24.8 Å². The number of nitrogens with zero attached hydrogens (tertiary/aromatic N) is 2. The van der Waals surface area contributed by atoms with Gasteiger partial charge in [0.25, 0.3) is 0 Å². The summed E-state index contributed by atoms with van der Waals surface area (Å²) in [5.74, 6) is 1.12. The van der Waals surface area contributed by atoms with Crippen LogP contribution in [-0.4, -0.2) is 73.2 Å². The fraction of sp³-hybridized carbons (Fsp3) is 0.941. The Morgan fingerprint density at radius 2 is 1.79 bits per heavy atom. The van der Waals surface area contributed by atoms with Gasteiger partial charge in [0.05, 0.1) is 18.8 Å². The van der Waals surface area contributed by atoms with Crippen LogP contribution in [0.2, 0.25) is 0 Å². The number of hydrogen-bond donors (Lipinski definition) is 1. The van der Waals surface area contributed by atoms with Crippen LogP contribution in [0.4, 0.5) is 0 Å². The largest absolute Gasteiger partial charge is 0.373 e. The molecule has 1 saturated carbocycles. The van der Waals surface area contributed by atoms with Crippen molar-refractivity contribution in [1.82, 2.24) is 15.1 Å². The third kappa shape index (κ3) is 6.34. The Labute approximate surface area is 158 Å². The molecule has 3 rings (SSSR count). The quantitative estimate of drug-likeness (QED) is 0.763. The first kappa shape index (κ1) is 22.0. The van der Waals surface area contributed by atoms with Crippen molar-refractivity contribution in [3.8, 4) is 0 Å². The zero-order valence-corrected chi connectivity index (χ0v) is 16.5. The molecule has 0 aromatic carbocycles. The molecule has 24 heavy (non-hydrogen) atoms. The maximum atomic E-state index is 12.4. The highest BCUT2D eigenvalue weighted by molar-refractivity contribution is 5.85. The molecule has 1 aliphatic carbocycles. The van der Waals surface area contributed by atoms with Crippen molar-refractivity contribution in [1.29, 1.82) is 0 Å². The lowest BCUT2D eigenvalue weighted by Gasteiger charge is -2.38. The molecule has 3 fully saturated rings. The summed E-state index contributed by atoms with van der Waals surface area (Å²) in [5, 5.41) is 3.34. The molecule has 2 saturated heterocycles. The number of morpholine rings is 1. The van der Waals surface area contributed by atoms with Gasteiger partial charge in [0.2, 0.25) is 5.91 Å². The van der Waals surface area contributed by atoms with Crippen LogP contribution in [0.1, 0.15) is 39.5 Å². The standard InChI is InChI=1S/C17H31N3O2.2ClH/c1-13-10-19(11-14(2)22-13)12-16-4-3-7-20(16)17(21)9-18-8-15-5-6-15;;/h13-16,18H,3-12H2,1-2H3;2*1H. The van der Waals surface area contributed by atoms with E-state index < -0.39 is 0 Å². The van der Waals surface area contributed by atoms with Crippen LogP contribution in [0.3, 0.4) is 0 Å². The van der Waals surface area contributed by atoms with Crippen LogP contribution in [0.25, 0.3) is 0 Å². The minimum Gasteiger partial charge on any atom is -0.373 e. The second-order valence-corrected chi connectivity index (χ2v) is 7.43. The summed E-state index contributed by atoms with van der Waals surface area (Å²) in [6, 6.07) is 0.396. The number of carbonyl (C=O) groups excluding carboxylic acids is 1. The van der Waals surface area contributed by atoms with Crippen LogP contribution in [0, 0.1) is 5.92 Å². The van der Waals surface area contributed by atoms with Gasteiger partial charge in [-0.25, -0.2) is 0 Å². The Bertz CT molecular complexity index is 386. The van der Waals surface area contributed by atoms with E-state index >= 15 is 0 Å². The predicted molar refractivity (Wildman–Crippen MR) is 101 cm³/mol. The van der Waals surface area contributed by atoms with Gasteiger partial charge in [0.1, 0.15) is 0 Å². The first-order valence-electron chi connectivity index (χ1n) is 9.00. The first-order valence-corrected chi connectivity index (χ1v) is 9.00. The molecular weight excluding hydrogens is 349 g/mol. The van der Waals surface area contributed by atoms with Gasteiger partial charge in [-0.1, -0.05) is 0 Å². The topological polar surface area (TPSA) is 44.8 Å². The third-order valence-electron chi connectivity index (χ3n) is 5.07. The van der Waals surface area contributed by atoms with E-state index in [1.54, 1.807) is 0 Å². The molecule has 142 valence electrons. The van der Waals surface area contributed by atoms with Crippen molar-refractivity contribution in [2.75, 3.05) is 39.3 Å². The molecule has 0 spiro atoms. The summed E-state index contributed by atoms with van der Waals surface area (Å²) in [6.07, 6.45) is 5.56. The van der Waals surface area contributed by atoms with Gasteiger partial charge in [0.15, 0.2) is 0 Å². The predicted octanol–water partition coefficient (Wildman–Crippen LogP) is 1.93. The van der Waals surface area contributed by atoms with E-state index in [-0.39, 0.29) is 30.7 Å². The zero-order chi connectivity index (χ0) is 15.5. The molecule has 2 aliphatic heterocycles. The highest BCUT2D eigenvalue weighted by Crippen LogP contribution is 2.27. The van der Waals surface area contributed by atoms with Crippen LogP contribution in [0.15, 0.2) is 0 Å². The SMILES string of the molecule is CC1CN(CC2CCCN2C(=O)CNCC2CC2)CC(C)O1.Cl.Cl. The number of nitrogens with one attached hydrogen (secondary N) is 1. The number of likely N-dealkylation sites (tertiary alicyclic amines) is 1. The molecule has 1 N–H and O–H groups in total. The van der Waals surface area contributed by atoms with Gasteiger partial charge in [-0.2, -0.15) is 0 Å².